The number of hydrogen-bond acceptors (Lipinski definition) is 4. The maximum atomic E-state index is 4.24. The van der Waals surface area contributed by atoms with Gasteiger partial charge in [0.05, 0.1) is 6.20 Å². The minimum Gasteiger partial charge on any atom is -0.309 e. The Hall–Kier alpha value is -2.27. The summed E-state index contributed by atoms with van der Waals surface area (Å²) >= 11 is 0. The Bertz CT molecular complexity index is 731. The Kier molecular flexibility index (Phi) is 1.95. The predicted octanol–water partition coefficient (Wildman–Crippen LogP) is 1.39. The molecule has 1 aliphatic heterocycles. The summed E-state index contributed by atoms with van der Waals surface area (Å²) in [6.45, 7) is 1.89. The molecule has 1 N–H and O–H groups in total. The summed E-state index contributed by atoms with van der Waals surface area (Å²) in [6.07, 6.45) is 5.34. The van der Waals surface area contributed by atoms with Gasteiger partial charge in [0.1, 0.15) is 0 Å². The smallest absolute Gasteiger partial charge is 0.179 e. The van der Waals surface area contributed by atoms with E-state index in [0.29, 0.717) is 0 Å². The highest BCUT2D eigenvalue weighted by Gasteiger charge is 2.13. The molecule has 0 bridgehead atoms. The Morgan fingerprint density at radius 2 is 2.06 bits per heavy atom. The molecule has 0 fully saturated rings. The highest BCUT2D eigenvalue weighted by Crippen LogP contribution is 2.23. The maximum Gasteiger partial charge on any atom is 0.179 e. The zero-order valence-corrected chi connectivity index (χ0v) is 9.67. The highest BCUT2D eigenvalue weighted by molar-refractivity contribution is 5.61. The molecule has 4 rings (SSSR count). The number of rotatable bonds is 1. The van der Waals surface area contributed by atoms with Gasteiger partial charge in [0.15, 0.2) is 11.5 Å². The summed E-state index contributed by atoms with van der Waals surface area (Å²) in [5.74, 6) is 0.863. The van der Waals surface area contributed by atoms with Gasteiger partial charge >= 0.3 is 0 Å². The van der Waals surface area contributed by atoms with Gasteiger partial charge in [-0.15, -0.1) is 10.2 Å². The number of nitrogens with zero attached hydrogens (tertiary/aromatic N) is 4. The molecule has 0 spiro atoms. The van der Waals surface area contributed by atoms with Crippen molar-refractivity contribution >= 4 is 5.65 Å². The van der Waals surface area contributed by atoms with E-state index in [4.69, 9.17) is 0 Å². The van der Waals surface area contributed by atoms with Crippen molar-refractivity contribution < 1.29 is 0 Å². The first kappa shape index (κ1) is 9.73. The standard InChI is InChI=1S/C13H11N5/c1-2-10-6-15-7-11(10)5-9(1)13-17-16-12-8-14-3-4-18(12)13/h1-5,8,15H,6-7H2. The molecule has 5 heteroatoms. The summed E-state index contributed by atoms with van der Waals surface area (Å²) in [5, 5.41) is 11.7. The predicted molar refractivity (Wildman–Crippen MR) is 66.8 cm³/mol. The first-order valence-electron chi connectivity index (χ1n) is 5.89. The molecule has 3 heterocycles. The van der Waals surface area contributed by atoms with Crippen LogP contribution in [-0.4, -0.2) is 19.6 Å². The molecule has 5 nitrogen and oxygen atoms in total. The summed E-state index contributed by atoms with van der Waals surface area (Å²) in [4.78, 5) is 4.04. The fraction of sp³-hybridized carbons (Fsp3) is 0.154. The average Bonchev–Trinajstić information content (AvgIpc) is 3.04. The quantitative estimate of drug-likeness (QED) is 0.695. The molecular formula is C13H11N5. The van der Waals surface area contributed by atoms with Crippen LogP contribution in [0.2, 0.25) is 0 Å². The van der Waals surface area contributed by atoms with Crippen LogP contribution in [0.25, 0.3) is 17.0 Å². The van der Waals surface area contributed by atoms with E-state index >= 15 is 0 Å². The van der Waals surface area contributed by atoms with Crippen molar-refractivity contribution in [1.82, 2.24) is 24.9 Å². The average molecular weight is 237 g/mol. The molecule has 0 unspecified atom stereocenters. The van der Waals surface area contributed by atoms with Gasteiger partial charge in [0.2, 0.25) is 0 Å². The Balaban J connectivity index is 1.92. The van der Waals surface area contributed by atoms with Gasteiger partial charge in [-0.25, -0.2) is 0 Å². The van der Waals surface area contributed by atoms with Crippen LogP contribution in [0, 0.1) is 0 Å². The number of fused-ring (bicyclic) bond motifs is 2. The van der Waals surface area contributed by atoms with Crippen LogP contribution in [0.3, 0.4) is 0 Å². The van der Waals surface area contributed by atoms with Crippen molar-refractivity contribution in [3.05, 3.63) is 47.9 Å². The molecule has 18 heavy (non-hydrogen) atoms. The van der Waals surface area contributed by atoms with Crippen molar-refractivity contribution in [2.24, 2.45) is 0 Å². The van der Waals surface area contributed by atoms with E-state index in [9.17, 15) is 0 Å². The fourth-order valence-corrected chi connectivity index (χ4v) is 2.38. The van der Waals surface area contributed by atoms with Gasteiger partial charge in [0.25, 0.3) is 0 Å². The van der Waals surface area contributed by atoms with E-state index in [1.54, 1.807) is 12.4 Å². The second kappa shape index (κ2) is 3.61. The summed E-state index contributed by atoms with van der Waals surface area (Å²) in [7, 11) is 0. The van der Waals surface area contributed by atoms with E-state index in [-0.39, 0.29) is 0 Å². The first-order chi connectivity index (χ1) is 8.92. The molecule has 0 aliphatic carbocycles. The number of aromatic nitrogens is 4. The van der Waals surface area contributed by atoms with Crippen LogP contribution in [0.15, 0.2) is 36.8 Å². The second-order valence-electron chi connectivity index (χ2n) is 4.42. The molecular weight excluding hydrogens is 226 g/mol. The molecule has 88 valence electrons. The van der Waals surface area contributed by atoms with E-state index in [1.165, 1.54) is 11.1 Å². The molecule has 1 aliphatic rings. The third kappa shape index (κ3) is 1.34. The van der Waals surface area contributed by atoms with Gasteiger partial charge in [-0.05, 0) is 17.2 Å². The van der Waals surface area contributed by atoms with Crippen LogP contribution in [0.4, 0.5) is 0 Å². The number of nitrogens with one attached hydrogen (secondary N) is 1. The Morgan fingerprint density at radius 1 is 1.11 bits per heavy atom. The third-order valence-corrected chi connectivity index (χ3v) is 3.31. The van der Waals surface area contributed by atoms with Crippen molar-refractivity contribution in [2.45, 2.75) is 13.1 Å². The minimum atomic E-state index is 0.770. The lowest BCUT2D eigenvalue weighted by molar-refractivity contribution is 0.765. The molecule has 0 saturated heterocycles. The molecule has 0 radical (unpaired) electrons. The van der Waals surface area contributed by atoms with E-state index in [2.05, 4.69) is 38.7 Å². The van der Waals surface area contributed by atoms with Crippen molar-refractivity contribution in [3.63, 3.8) is 0 Å². The zero-order valence-electron chi connectivity index (χ0n) is 9.67. The fourth-order valence-electron chi connectivity index (χ4n) is 2.38. The van der Waals surface area contributed by atoms with Gasteiger partial charge in [-0.2, -0.15) is 0 Å². The van der Waals surface area contributed by atoms with Gasteiger partial charge in [-0.1, -0.05) is 12.1 Å². The Morgan fingerprint density at radius 3 is 3.06 bits per heavy atom. The summed E-state index contributed by atoms with van der Waals surface area (Å²) in [5.41, 5.74) is 4.58. The van der Waals surface area contributed by atoms with E-state index in [0.717, 1.165) is 30.1 Å². The van der Waals surface area contributed by atoms with Gasteiger partial charge < -0.3 is 5.32 Å². The minimum absolute atomic E-state index is 0.770. The summed E-state index contributed by atoms with van der Waals surface area (Å²) < 4.78 is 1.96. The maximum absolute atomic E-state index is 4.24. The van der Waals surface area contributed by atoms with Crippen LogP contribution >= 0.6 is 0 Å². The lowest BCUT2D eigenvalue weighted by atomic mass is 10.1. The highest BCUT2D eigenvalue weighted by atomic mass is 15.2. The molecule has 0 atom stereocenters. The first-order valence-corrected chi connectivity index (χ1v) is 5.89. The topological polar surface area (TPSA) is 55.1 Å². The summed E-state index contributed by atoms with van der Waals surface area (Å²) in [6, 6.07) is 6.45. The van der Waals surface area contributed by atoms with Crippen molar-refractivity contribution in [1.29, 1.82) is 0 Å². The molecule has 3 aromatic rings. The SMILES string of the molecule is c1cn2c(-c3ccc4c(c3)CNC4)nnc2cn1. The monoisotopic (exact) mass is 237 g/mol. The van der Waals surface area contributed by atoms with Crippen molar-refractivity contribution in [3.8, 4) is 11.4 Å². The van der Waals surface area contributed by atoms with Gasteiger partial charge in [0, 0.05) is 31.0 Å². The largest absolute Gasteiger partial charge is 0.309 e. The third-order valence-electron chi connectivity index (χ3n) is 3.31. The normalized spacial score (nSPS) is 14.0. The van der Waals surface area contributed by atoms with E-state index < -0.39 is 0 Å². The number of hydrogen-bond donors (Lipinski definition) is 1. The zero-order chi connectivity index (χ0) is 11.9. The van der Waals surface area contributed by atoms with Crippen LogP contribution in [-0.2, 0) is 13.1 Å². The Labute approximate surface area is 104 Å². The van der Waals surface area contributed by atoms with Gasteiger partial charge in [-0.3, -0.25) is 9.38 Å². The second-order valence-corrected chi connectivity index (χ2v) is 4.42. The molecule has 0 saturated carbocycles. The van der Waals surface area contributed by atoms with Crippen LogP contribution < -0.4 is 5.32 Å². The van der Waals surface area contributed by atoms with Crippen molar-refractivity contribution in [2.75, 3.05) is 0 Å². The van der Waals surface area contributed by atoms with E-state index in [1.807, 2.05) is 10.6 Å². The van der Waals surface area contributed by atoms with Crippen LogP contribution in [0.5, 0.6) is 0 Å². The van der Waals surface area contributed by atoms with Crippen LogP contribution in [0.1, 0.15) is 11.1 Å². The molecule has 2 aromatic heterocycles. The molecule has 1 aromatic carbocycles. The molecule has 0 amide bonds. The number of benzene rings is 1. The lowest BCUT2D eigenvalue weighted by Gasteiger charge is -2.02. The lowest BCUT2D eigenvalue weighted by Crippen LogP contribution is -1.99.